The van der Waals surface area contributed by atoms with E-state index < -0.39 is 0 Å². The number of hydrogen-bond acceptors (Lipinski definition) is 3. The summed E-state index contributed by atoms with van der Waals surface area (Å²) in [5.74, 6) is 3.49. The summed E-state index contributed by atoms with van der Waals surface area (Å²) < 4.78 is 5.74. The molecule has 0 aromatic heterocycles. The lowest BCUT2D eigenvalue weighted by Crippen LogP contribution is -2.44. The van der Waals surface area contributed by atoms with Crippen molar-refractivity contribution in [3.05, 3.63) is 0 Å². The Morgan fingerprint density at radius 3 is 3.08 bits per heavy atom. The van der Waals surface area contributed by atoms with E-state index in [2.05, 4.69) is 17.1 Å². The third-order valence-electron chi connectivity index (χ3n) is 2.68. The van der Waals surface area contributed by atoms with Crippen molar-refractivity contribution in [1.29, 1.82) is 0 Å². The van der Waals surface area contributed by atoms with E-state index in [-0.39, 0.29) is 0 Å². The first kappa shape index (κ1) is 8.85. The summed E-state index contributed by atoms with van der Waals surface area (Å²) in [6.07, 6.45) is 3.26. The molecule has 0 amide bonds. The molecule has 2 heterocycles. The summed E-state index contributed by atoms with van der Waals surface area (Å²) in [7, 11) is 0. The molecule has 3 heteroatoms. The van der Waals surface area contributed by atoms with Gasteiger partial charge in [0.05, 0.1) is 12.7 Å². The Morgan fingerprint density at radius 2 is 2.42 bits per heavy atom. The molecule has 2 atom stereocenters. The number of hydrogen-bond donors (Lipinski definition) is 1. The SMILES string of the molecule is C1CSCC(C2CNCCO2)C1. The molecule has 0 spiro atoms. The highest BCUT2D eigenvalue weighted by Gasteiger charge is 2.25. The molecule has 2 unspecified atom stereocenters. The topological polar surface area (TPSA) is 21.3 Å². The van der Waals surface area contributed by atoms with Crippen LogP contribution in [-0.4, -0.2) is 37.3 Å². The van der Waals surface area contributed by atoms with Crippen LogP contribution in [-0.2, 0) is 4.74 Å². The van der Waals surface area contributed by atoms with Crippen LogP contribution in [0.3, 0.4) is 0 Å². The van der Waals surface area contributed by atoms with Gasteiger partial charge >= 0.3 is 0 Å². The first-order valence-electron chi connectivity index (χ1n) is 4.87. The highest BCUT2D eigenvalue weighted by Crippen LogP contribution is 2.26. The van der Waals surface area contributed by atoms with Crippen molar-refractivity contribution >= 4 is 11.8 Å². The lowest BCUT2D eigenvalue weighted by Gasteiger charge is -2.32. The molecule has 1 N–H and O–H groups in total. The smallest absolute Gasteiger partial charge is 0.0736 e. The zero-order chi connectivity index (χ0) is 8.23. The van der Waals surface area contributed by atoms with Crippen LogP contribution in [0.1, 0.15) is 12.8 Å². The first-order chi connectivity index (χ1) is 5.97. The fourth-order valence-electron chi connectivity index (χ4n) is 1.95. The van der Waals surface area contributed by atoms with Crippen molar-refractivity contribution in [2.45, 2.75) is 18.9 Å². The van der Waals surface area contributed by atoms with Gasteiger partial charge in [0, 0.05) is 13.1 Å². The molecule has 2 nitrogen and oxygen atoms in total. The van der Waals surface area contributed by atoms with E-state index in [4.69, 9.17) is 4.74 Å². The predicted octanol–water partition coefficient (Wildman–Crippen LogP) is 1.12. The van der Waals surface area contributed by atoms with E-state index in [0.29, 0.717) is 6.10 Å². The van der Waals surface area contributed by atoms with E-state index in [1.165, 1.54) is 24.3 Å². The van der Waals surface area contributed by atoms with E-state index in [1.807, 2.05) is 0 Å². The number of morpholine rings is 1. The number of thioether (sulfide) groups is 1. The molecule has 0 bridgehead atoms. The summed E-state index contributed by atoms with van der Waals surface area (Å²) in [4.78, 5) is 0. The summed E-state index contributed by atoms with van der Waals surface area (Å²) in [6, 6.07) is 0. The maximum Gasteiger partial charge on any atom is 0.0736 e. The van der Waals surface area contributed by atoms with Crippen molar-refractivity contribution in [1.82, 2.24) is 5.32 Å². The van der Waals surface area contributed by atoms with E-state index in [1.54, 1.807) is 0 Å². The molecule has 2 rings (SSSR count). The molecular formula is C9H17NOS. The molecule has 2 aliphatic heterocycles. The normalized spacial score (nSPS) is 38.0. The minimum atomic E-state index is 0.506. The molecule has 12 heavy (non-hydrogen) atoms. The van der Waals surface area contributed by atoms with Gasteiger partial charge in [-0.2, -0.15) is 11.8 Å². The lowest BCUT2D eigenvalue weighted by atomic mass is 9.98. The van der Waals surface area contributed by atoms with Crippen molar-refractivity contribution in [3.8, 4) is 0 Å². The van der Waals surface area contributed by atoms with Crippen LogP contribution in [0.5, 0.6) is 0 Å². The fraction of sp³-hybridized carbons (Fsp3) is 1.00. The Hall–Kier alpha value is 0.270. The average Bonchev–Trinajstić information content (AvgIpc) is 2.21. The Labute approximate surface area is 78.4 Å². The van der Waals surface area contributed by atoms with E-state index >= 15 is 0 Å². The molecular weight excluding hydrogens is 170 g/mol. The van der Waals surface area contributed by atoms with Crippen LogP contribution >= 0.6 is 11.8 Å². The highest BCUT2D eigenvalue weighted by molar-refractivity contribution is 7.99. The summed E-state index contributed by atoms with van der Waals surface area (Å²) in [5.41, 5.74) is 0. The average molecular weight is 187 g/mol. The van der Waals surface area contributed by atoms with E-state index in [9.17, 15) is 0 Å². The molecule has 0 aromatic carbocycles. The van der Waals surface area contributed by atoms with Gasteiger partial charge in [-0.05, 0) is 30.3 Å². The van der Waals surface area contributed by atoms with Crippen LogP contribution in [0.4, 0.5) is 0 Å². The maximum absolute atomic E-state index is 5.74. The van der Waals surface area contributed by atoms with Crippen molar-refractivity contribution in [2.75, 3.05) is 31.2 Å². The number of nitrogens with one attached hydrogen (secondary N) is 1. The van der Waals surface area contributed by atoms with Gasteiger partial charge in [0.1, 0.15) is 0 Å². The molecule has 2 fully saturated rings. The van der Waals surface area contributed by atoms with Gasteiger partial charge in [-0.3, -0.25) is 0 Å². The van der Waals surface area contributed by atoms with Gasteiger partial charge in [-0.25, -0.2) is 0 Å². The molecule has 0 aromatic rings. The Balaban J connectivity index is 1.80. The molecule has 2 aliphatic rings. The van der Waals surface area contributed by atoms with Gasteiger partial charge in [-0.15, -0.1) is 0 Å². The third-order valence-corrected chi connectivity index (χ3v) is 3.92. The minimum absolute atomic E-state index is 0.506. The van der Waals surface area contributed by atoms with Crippen LogP contribution in [0.15, 0.2) is 0 Å². The Morgan fingerprint density at radius 1 is 1.42 bits per heavy atom. The Kier molecular flexibility index (Phi) is 3.31. The molecule has 2 saturated heterocycles. The van der Waals surface area contributed by atoms with Crippen molar-refractivity contribution in [2.24, 2.45) is 5.92 Å². The quantitative estimate of drug-likeness (QED) is 0.664. The maximum atomic E-state index is 5.74. The van der Waals surface area contributed by atoms with Gasteiger partial charge < -0.3 is 10.1 Å². The predicted molar refractivity (Wildman–Crippen MR) is 52.7 cm³/mol. The summed E-state index contributed by atoms with van der Waals surface area (Å²) in [5, 5.41) is 3.40. The summed E-state index contributed by atoms with van der Waals surface area (Å²) >= 11 is 2.09. The second-order valence-corrected chi connectivity index (χ2v) is 4.74. The van der Waals surface area contributed by atoms with Gasteiger partial charge in [0.2, 0.25) is 0 Å². The highest BCUT2D eigenvalue weighted by atomic mass is 32.2. The van der Waals surface area contributed by atoms with Crippen LogP contribution < -0.4 is 5.32 Å². The van der Waals surface area contributed by atoms with Crippen LogP contribution in [0.2, 0.25) is 0 Å². The fourth-order valence-corrected chi connectivity index (χ4v) is 3.17. The van der Waals surface area contributed by atoms with Gasteiger partial charge in [0.15, 0.2) is 0 Å². The number of rotatable bonds is 1. The largest absolute Gasteiger partial charge is 0.375 e. The van der Waals surface area contributed by atoms with E-state index in [0.717, 1.165) is 25.6 Å². The minimum Gasteiger partial charge on any atom is -0.375 e. The molecule has 70 valence electrons. The molecule has 0 aliphatic carbocycles. The van der Waals surface area contributed by atoms with Crippen LogP contribution in [0, 0.1) is 5.92 Å². The van der Waals surface area contributed by atoms with Crippen LogP contribution in [0.25, 0.3) is 0 Å². The van der Waals surface area contributed by atoms with Crippen molar-refractivity contribution < 1.29 is 4.74 Å². The second kappa shape index (κ2) is 4.49. The lowest BCUT2D eigenvalue weighted by molar-refractivity contribution is -0.00577. The molecule has 0 radical (unpaired) electrons. The second-order valence-electron chi connectivity index (χ2n) is 3.59. The van der Waals surface area contributed by atoms with Gasteiger partial charge in [-0.1, -0.05) is 0 Å². The monoisotopic (exact) mass is 187 g/mol. The zero-order valence-corrected chi connectivity index (χ0v) is 8.24. The van der Waals surface area contributed by atoms with Gasteiger partial charge in [0.25, 0.3) is 0 Å². The van der Waals surface area contributed by atoms with Crippen molar-refractivity contribution in [3.63, 3.8) is 0 Å². The number of ether oxygens (including phenoxy) is 1. The first-order valence-corrected chi connectivity index (χ1v) is 6.02. The third kappa shape index (κ3) is 2.15. The molecule has 0 saturated carbocycles. The Bertz CT molecular complexity index is 114. The zero-order valence-electron chi connectivity index (χ0n) is 7.42. The standard InChI is InChI=1S/C9H17NOS/c1-2-8(7-12-5-1)9-6-10-3-4-11-9/h8-10H,1-7H2. The summed E-state index contributed by atoms with van der Waals surface area (Å²) in [6.45, 7) is 3.02.